The topological polar surface area (TPSA) is 64.2 Å². The van der Waals surface area contributed by atoms with E-state index in [9.17, 15) is 4.79 Å². The summed E-state index contributed by atoms with van der Waals surface area (Å²) >= 11 is 0. The molecule has 0 bridgehead atoms. The standard InChI is InChI=1S/C9H12N2O3/c12-8-3-9(11-6-10-8)14-5-7-1-2-13-4-7/h3,6-7H,1-2,4-5H2,(H,10,11,12). The van der Waals surface area contributed by atoms with Crippen molar-refractivity contribution < 1.29 is 9.47 Å². The number of H-pyrrole nitrogens is 1. The summed E-state index contributed by atoms with van der Waals surface area (Å²) < 4.78 is 10.6. The molecule has 0 aromatic carbocycles. The first-order valence-electron chi connectivity index (χ1n) is 4.60. The molecular weight excluding hydrogens is 184 g/mol. The summed E-state index contributed by atoms with van der Waals surface area (Å²) in [6.07, 6.45) is 2.35. The molecule has 5 nitrogen and oxygen atoms in total. The van der Waals surface area contributed by atoms with Gasteiger partial charge >= 0.3 is 0 Å². The van der Waals surface area contributed by atoms with Gasteiger partial charge in [-0.05, 0) is 6.42 Å². The number of hydrogen-bond donors (Lipinski definition) is 1. The highest BCUT2D eigenvalue weighted by atomic mass is 16.5. The number of aromatic nitrogens is 2. The molecule has 0 spiro atoms. The molecule has 1 N–H and O–H groups in total. The van der Waals surface area contributed by atoms with E-state index in [4.69, 9.17) is 9.47 Å². The van der Waals surface area contributed by atoms with Gasteiger partial charge in [-0.15, -0.1) is 0 Å². The van der Waals surface area contributed by atoms with Gasteiger partial charge in [0.25, 0.3) is 5.56 Å². The van der Waals surface area contributed by atoms with Crippen molar-refractivity contribution in [3.05, 3.63) is 22.7 Å². The van der Waals surface area contributed by atoms with Gasteiger partial charge in [-0.25, -0.2) is 4.98 Å². The molecule has 1 atom stereocenters. The van der Waals surface area contributed by atoms with E-state index in [1.54, 1.807) is 0 Å². The van der Waals surface area contributed by atoms with Gasteiger partial charge in [0, 0.05) is 12.5 Å². The average molecular weight is 196 g/mol. The fraction of sp³-hybridized carbons (Fsp3) is 0.556. The Balaban J connectivity index is 1.88. The van der Waals surface area contributed by atoms with E-state index in [0.717, 1.165) is 19.6 Å². The minimum absolute atomic E-state index is 0.197. The number of ether oxygens (including phenoxy) is 2. The molecule has 1 unspecified atom stereocenters. The quantitative estimate of drug-likeness (QED) is 0.749. The van der Waals surface area contributed by atoms with Crippen molar-refractivity contribution >= 4 is 0 Å². The lowest BCUT2D eigenvalue weighted by Gasteiger charge is -2.08. The van der Waals surface area contributed by atoms with Crippen molar-refractivity contribution in [2.24, 2.45) is 5.92 Å². The third kappa shape index (κ3) is 2.32. The fourth-order valence-corrected chi connectivity index (χ4v) is 1.35. The van der Waals surface area contributed by atoms with Crippen molar-refractivity contribution in [3.63, 3.8) is 0 Å². The van der Waals surface area contributed by atoms with Gasteiger partial charge in [-0.3, -0.25) is 4.79 Å². The molecular formula is C9H12N2O3. The summed E-state index contributed by atoms with van der Waals surface area (Å²) in [6, 6.07) is 1.34. The van der Waals surface area contributed by atoms with Crippen molar-refractivity contribution in [1.29, 1.82) is 0 Å². The Bertz CT molecular complexity index is 344. The zero-order valence-electron chi connectivity index (χ0n) is 7.73. The Morgan fingerprint density at radius 1 is 1.71 bits per heavy atom. The molecule has 0 aliphatic carbocycles. The molecule has 0 amide bonds. The fourth-order valence-electron chi connectivity index (χ4n) is 1.35. The second kappa shape index (κ2) is 4.23. The number of nitrogens with one attached hydrogen (secondary N) is 1. The maximum atomic E-state index is 10.9. The van der Waals surface area contributed by atoms with Crippen LogP contribution in [0.1, 0.15) is 6.42 Å². The largest absolute Gasteiger partial charge is 0.477 e. The summed E-state index contributed by atoms with van der Waals surface area (Å²) in [7, 11) is 0. The molecule has 2 heterocycles. The lowest BCUT2D eigenvalue weighted by atomic mass is 10.1. The first kappa shape index (κ1) is 9.21. The second-order valence-electron chi connectivity index (χ2n) is 3.29. The van der Waals surface area contributed by atoms with Crippen LogP contribution in [0.15, 0.2) is 17.2 Å². The molecule has 1 aromatic heterocycles. The number of nitrogens with zero attached hydrogens (tertiary/aromatic N) is 1. The Hall–Kier alpha value is -1.36. The van der Waals surface area contributed by atoms with E-state index in [-0.39, 0.29) is 5.56 Å². The second-order valence-corrected chi connectivity index (χ2v) is 3.29. The van der Waals surface area contributed by atoms with Gasteiger partial charge in [0.2, 0.25) is 5.88 Å². The molecule has 1 aliphatic heterocycles. The monoisotopic (exact) mass is 196 g/mol. The summed E-state index contributed by atoms with van der Waals surface area (Å²) in [5.41, 5.74) is -0.197. The molecule has 0 saturated carbocycles. The molecule has 14 heavy (non-hydrogen) atoms. The lowest BCUT2D eigenvalue weighted by Crippen LogP contribution is -2.14. The molecule has 1 saturated heterocycles. The van der Waals surface area contributed by atoms with E-state index in [1.807, 2.05) is 0 Å². The van der Waals surface area contributed by atoms with Gasteiger partial charge < -0.3 is 14.5 Å². The molecule has 5 heteroatoms. The van der Waals surface area contributed by atoms with E-state index >= 15 is 0 Å². The van der Waals surface area contributed by atoms with Crippen molar-refractivity contribution in [2.45, 2.75) is 6.42 Å². The van der Waals surface area contributed by atoms with Crippen LogP contribution in [0, 0.1) is 5.92 Å². The Kier molecular flexibility index (Phi) is 2.78. The maximum absolute atomic E-state index is 10.9. The Labute approximate surface area is 81.1 Å². The molecule has 76 valence electrons. The van der Waals surface area contributed by atoms with Gasteiger partial charge in [0.1, 0.15) is 0 Å². The number of hydrogen-bond acceptors (Lipinski definition) is 4. The highest BCUT2D eigenvalue weighted by molar-refractivity contribution is 5.04. The molecule has 2 rings (SSSR count). The van der Waals surface area contributed by atoms with Crippen LogP contribution < -0.4 is 10.3 Å². The van der Waals surface area contributed by atoms with Gasteiger partial charge in [-0.2, -0.15) is 0 Å². The van der Waals surface area contributed by atoms with Gasteiger partial charge in [0.05, 0.1) is 25.6 Å². The lowest BCUT2D eigenvalue weighted by molar-refractivity contribution is 0.165. The van der Waals surface area contributed by atoms with Crippen LogP contribution in [0.2, 0.25) is 0 Å². The smallest absolute Gasteiger partial charge is 0.254 e. The van der Waals surface area contributed by atoms with E-state index in [0.29, 0.717) is 18.4 Å². The molecule has 1 fully saturated rings. The molecule has 1 aromatic rings. The highest BCUT2D eigenvalue weighted by Crippen LogP contribution is 2.13. The number of aromatic amines is 1. The first-order chi connectivity index (χ1) is 6.84. The zero-order chi connectivity index (χ0) is 9.80. The summed E-state index contributed by atoms with van der Waals surface area (Å²) in [5, 5.41) is 0. The van der Waals surface area contributed by atoms with Crippen LogP contribution in [0.25, 0.3) is 0 Å². The Morgan fingerprint density at radius 2 is 2.64 bits per heavy atom. The van der Waals surface area contributed by atoms with Crippen LogP contribution >= 0.6 is 0 Å². The van der Waals surface area contributed by atoms with Gasteiger partial charge in [-0.1, -0.05) is 0 Å². The third-order valence-electron chi connectivity index (χ3n) is 2.14. The first-order valence-corrected chi connectivity index (χ1v) is 4.60. The van der Waals surface area contributed by atoms with E-state index in [1.165, 1.54) is 12.4 Å². The minimum atomic E-state index is -0.197. The SMILES string of the molecule is O=c1cc(OCC2CCOC2)nc[nH]1. The maximum Gasteiger partial charge on any atom is 0.254 e. The van der Waals surface area contributed by atoms with Gasteiger partial charge in [0.15, 0.2) is 0 Å². The average Bonchev–Trinajstić information content (AvgIpc) is 2.67. The minimum Gasteiger partial charge on any atom is -0.477 e. The predicted octanol–water partition coefficient (Wildman–Crippen LogP) is 0.185. The van der Waals surface area contributed by atoms with Crippen LogP contribution in [0.4, 0.5) is 0 Å². The summed E-state index contributed by atoms with van der Waals surface area (Å²) in [5.74, 6) is 0.803. The van der Waals surface area contributed by atoms with E-state index < -0.39 is 0 Å². The van der Waals surface area contributed by atoms with Crippen LogP contribution in [0.5, 0.6) is 5.88 Å². The number of rotatable bonds is 3. The van der Waals surface area contributed by atoms with E-state index in [2.05, 4.69) is 9.97 Å². The zero-order valence-corrected chi connectivity index (χ0v) is 7.73. The van der Waals surface area contributed by atoms with Crippen LogP contribution in [0.3, 0.4) is 0 Å². The van der Waals surface area contributed by atoms with Crippen molar-refractivity contribution in [3.8, 4) is 5.88 Å². The van der Waals surface area contributed by atoms with Crippen LogP contribution in [-0.2, 0) is 4.74 Å². The molecule has 0 radical (unpaired) electrons. The van der Waals surface area contributed by atoms with Crippen molar-refractivity contribution in [2.75, 3.05) is 19.8 Å². The normalized spacial score (nSPS) is 21.0. The highest BCUT2D eigenvalue weighted by Gasteiger charge is 2.16. The molecule has 1 aliphatic rings. The summed E-state index contributed by atoms with van der Waals surface area (Å²) in [4.78, 5) is 17.2. The Morgan fingerprint density at radius 3 is 3.36 bits per heavy atom. The van der Waals surface area contributed by atoms with Crippen LogP contribution in [-0.4, -0.2) is 29.8 Å². The van der Waals surface area contributed by atoms with Crippen molar-refractivity contribution in [1.82, 2.24) is 9.97 Å². The predicted molar refractivity (Wildman–Crippen MR) is 49.3 cm³/mol. The third-order valence-corrected chi connectivity index (χ3v) is 2.14. The summed E-state index contributed by atoms with van der Waals surface area (Å²) in [6.45, 7) is 2.11.